The van der Waals surface area contributed by atoms with E-state index in [9.17, 15) is 9.90 Å². The molecule has 1 aliphatic rings. The largest absolute Gasteiger partial charge is 0.497 e. The Kier molecular flexibility index (Phi) is 2.76. The topological polar surface area (TPSA) is 46.5 Å². The maximum Gasteiger partial charge on any atom is 0.201 e. The molecule has 3 heteroatoms. The van der Waals surface area contributed by atoms with Crippen molar-refractivity contribution >= 4 is 5.78 Å². The summed E-state index contributed by atoms with van der Waals surface area (Å²) in [6.45, 7) is 3.71. The molecule has 0 aromatic heterocycles. The first-order valence-electron chi connectivity index (χ1n) is 4.60. The summed E-state index contributed by atoms with van der Waals surface area (Å²) in [5, 5.41) is 9.91. The van der Waals surface area contributed by atoms with E-state index in [2.05, 4.69) is 0 Å². The molecule has 0 amide bonds. The normalized spacial score (nSPS) is 27.5. The fraction of sp³-hybridized carbons (Fsp3) is 0.700. The molecule has 0 bridgehead atoms. The second kappa shape index (κ2) is 3.50. The molecule has 1 atom stereocenters. The third kappa shape index (κ3) is 1.37. The Morgan fingerprint density at radius 1 is 1.54 bits per heavy atom. The quantitative estimate of drug-likeness (QED) is 0.718. The van der Waals surface area contributed by atoms with Crippen LogP contribution in [-0.4, -0.2) is 23.6 Å². The van der Waals surface area contributed by atoms with Crippen LogP contribution < -0.4 is 0 Å². The zero-order chi connectivity index (χ0) is 10.1. The molecule has 0 saturated carbocycles. The molecule has 0 fully saturated rings. The molecule has 3 nitrogen and oxygen atoms in total. The third-order valence-electron chi connectivity index (χ3n) is 2.53. The lowest BCUT2D eigenvalue weighted by molar-refractivity contribution is -0.140. The molecule has 0 saturated heterocycles. The first-order chi connectivity index (χ1) is 6.07. The SMILES string of the molecule is CCCCC1(O)C(=O)C(C)=C1OC. The maximum absolute atomic E-state index is 11.4. The van der Waals surface area contributed by atoms with Crippen LogP contribution >= 0.6 is 0 Å². The van der Waals surface area contributed by atoms with Crippen LogP contribution in [0.1, 0.15) is 33.1 Å². The van der Waals surface area contributed by atoms with Crippen molar-refractivity contribution in [2.45, 2.75) is 38.7 Å². The van der Waals surface area contributed by atoms with Crippen LogP contribution in [-0.2, 0) is 9.53 Å². The summed E-state index contributed by atoms with van der Waals surface area (Å²) < 4.78 is 4.99. The Morgan fingerprint density at radius 2 is 2.15 bits per heavy atom. The summed E-state index contributed by atoms with van der Waals surface area (Å²) in [6, 6.07) is 0. The second-order valence-electron chi connectivity index (χ2n) is 3.45. The van der Waals surface area contributed by atoms with Crippen molar-refractivity contribution in [2.24, 2.45) is 0 Å². The number of Topliss-reactive ketones (excluding diaryl/α,β-unsaturated/α-hetero) is 1. The highest BCUT2D eigenvalue weighted by atomic mass is 16.5. The third-order valence-corrected chi connectivity index (χ3v) is 2.53. The Bertz CT molecular complexity index is 255. The molecule has 0 heterocycles. The monoisotopic (exact) mass is 184 g/mol. The summed E-state index contributed by atoms with van der Waals surface area (Å²) in [7, 11) is 1.49. The molecule has 0 aromatic rings. The van der Waals surface area contributed by atoms with Gasteiger partial charge in [0.1, 0.15) is 5.76 Å². The summed E-state index contributed by atoms with van der Waals surface area (Å²) in [6.07, 6.45) is 2.27. The van der Waals surface area contributed by atoms with E-state index in [0.29, 0.717) is 17.8 Å². The van der Waals surface area contributed by atoms with E-state index in [1.165, 1.54) is 7.11 Å². The summed E-state index contributed by atoms with van der Waals surface area (Å²) in [4.78, 5) is 11.4. The molecule has 1 N–H and O–H groups in total. The van der Waals surface area contributed by atoms with Gasteiger partial charge in [-0.2, -0.15) is 0 Å². The van der Waals surface area contributed by atoms with Gasteiger partial charge in [0.15, 0.2) is 5.60 Å². The lowest BCUT2D eigenvalue weighted by Gasteiger charge is -2.37. The smallest absolute Gasteiger partial charge is 0.201 e. The van der Waals surface area contributed by atoms with Crippen molar-refractivity contribution in [3.63, 3.8) is 0 Å². The number of rotatable bonds is 4. The number of hydrogen-bond acceptors (Lipinski definition) is 3. The lowest BCUT2D eigenvalue weighted by Crippen LogP contribution is -2.50. The van der Waals surface area contributed by atoms with E-state index in [4.69, 9.17) is 4.74 Å². The van der Waals surface area contributed by atoms with Crippen LogP contribution in [0.25, 0.3) is 0 Å². The second-order valence-corrected chi connectivity index (χ2v) is 3.45. The van der Waals surface area contributed by atoms with Gasteiger partial charge in [0, 0.05) is 5.57 Å². The Hall–Kier alpha value is -0.830. The van der Waals surface area contributed by atoms with Crippen molar-refractivity contribution in [3.05, 3.63) is 11.3 Å². The van der Waals surface area contributed by atoms with Crippen LogP contribution in [0.3, 0.4) is 0 Å². The first kappa shape index (κ1) is 10.3. The van der Waals surface area contributed by atoms with Gasteiger partial charge in [-0.05, 0) is 19.8 Å². The van der Waals surface area contributed by atoms with E-state index in [1.807, 2.05) is 6.92 Å². The van der Waals surface area contributed by atoms with Crippen LogP contribution in [0.2, 0.25) is 0 Å². The average Bonchev–Trinajstić information content (AvgIpc) is 2.14. The molecule has 0 radical (unpaired) electrons. The average molecular weight is 184 g/mol. The van der Waals surface area contributed by atoms with Crippen LogP contribution in [0.4, 0.5) is 0 Å². The highest BCUT2D eigenvalue weighted by Crippen LogP contribution is 2.38. The van der Waals surface area contributed by atoms with Gasteiger partial charge < -0.3 is 9.84 Å². The molecule has 0 spiro atoms. The molecular formula is C10H16O3. The standard InChI is InChI=1S/C10H16O3/c1-4-5-6-10(12)8(11)7(2)9(10)13-3/h12H,4-6H2,1-3H3. The van der Waals surface area contributed by atoms with E-state index < -0.39 is 5.60 Å². The van der Waals surface area contributed by atoms with Crippen LogP contribution in [0.5, 0.6) is 0 Å². The van der Waals surface area contributed by atoms with Gasteiger partial charge in [0.05, 0.1) is 7.11 Å². The molecule has 13 heavy (non-hydrogen) atoms. The van der Waals surface area contributed by atoms with Gasteiger partial charge in [-0.3, -0.25) is 4.79 Å². The minimum atomic E-state index is -1.31. The van der Waals surface area contributed by atoms with E-state index in [0.717, 1.165) is 12.8 Å². The molecule has 0 aromatic carbocycles. The number of hydrogen-bond donors (Lipinski definition) is 1. The number of ether oxygens (including phenoxy) is 1. The van der Waals surface area contributed by atoms with Gasteiger partial charge in [0.2, 0.25) is 5.78 Å². The minimum absolute atomic E-state index is 0.183. The maximum atomic E-state index is 11.4. The lowest BCUT2D eigenvalue weighted by atomic mass is 9.75. The Morgan fingerprint density at radius 3 is 2.62 bits per heavy atom. The molecule has 74 valence electrons. The number of aliphatic hydroxyl groups is 1. The van der Waals surface area contributed by atoms with Crippen molar-refractivity contribution in [1.82, 2.24) is 0 Å². The zero-order valence-corrected chi connectivity index (χ0v) is 8.39. The zero-order valence-electron chi connectivity index (χ0n) is 8.39. The highest BCUT2D eigenvalue weighted by Gasteiger charge is 2.51. The molecule has 1 rings (SSSR count). The fourth-order valence-corrected chi connectivity index (χ4v) is 1.75. The van der Waals surface area contributed by atoms with Gasteiger partial charge in [-0.15, -0.1) is 0 Å². The Balaban J connectivity index is 2.76. The molecule has 1 aliphatic carbocycles. The Labute approximate surface area is 78.4 Å². The number of carbonyl (C=O) groups excluding carboxylic acids is 1. The van der Waals surface area contributed by atoms with Crippen LogP contribution in [0.15, 0.2) is 11.3 Å². The van der Waals surface area contributed by atoms with Crippen molar-refractivity contribution in [1.29, 1.82) is 0 Å². The van der Waals surface area contributed by atoms with Gasteiger partial charge in [-0.1, -0.05) is 13.3 Å². The molecular weight excluding hydrogens is 168 g/mol. The van der Waals surface area contributed by atoms with E-state index in [-0.39, 0.29) is 5.78 Å². The van der Waals surface area contributed by atoms with Gasteiger partial charge >= 0.3 is 0 Å². The van der Waals surface area contributed by atoms with Crippen LogP contribution in [0, 0.1) is 0 Å². The van der Waals surface area contributed by atoms with Crippen molar-refractivity contribution in [2.75, 3.05) is 7.11 Å². The molecule has 0 aliphatic heterocycles. The summed E-state index contributed by atoms with van der Waals surface area (Å²) in [5.74, 6) is 0.267. The first-order valence-corrected chi connectivity index (χ1v) is 4.60. The number of carbonyl (C=O) groups is 1. The van der Waals surface area contributed by atoms with Gasteiger partial charge in [0.25, 0.3) is 0 Å². The predicted molar refractivity (Wildman–Crippen MR) is 49.2 cm³/mol. The van der Waals surface area contributed by atoms with E-state index in [1.54, 1.807) is 6.92 Å². The molecule has 1 unspecified atom stereocenters. The van der Waals surface area contributed by atoms with Crippen molar-refractivity contribution in [3.8, 4) is 0 Å². The fourth-order valence-electron chi connectivity index (χ4n) is 1.75. The number of methoxy groups -OCH3 is 1. The predicted octanol–water partition coefficient (Wildman–Crippen LogP) is 1.41. The van der Waals surface area contributed by atoms with Crippen molar-refractivity contribution < 1.29 is 14.6 Å². The van der Waals surface area contributed by atoms with Gasteiger partial charge in [-0.25, -0.2) is 0 Å². The number of unbranched alkanes of at least 4 members (excludes halogenated alkanes) is 1. The summed E-state index contributed by atoms with van der Waals surface area (Å²) in [5.41, 5.74) is -0.754. The van der Waals surface area contributed by atoms with E-state index >= 15 is 0 Å². The number of ketones is 1. The minimum Gasteiger partial charge on any atom is -0.497 e. The highest BCUT2D eigenvalue weighted by molar-refractivity contribution is 6.11. The summed E-state index contributed by atoms with van der Waals surface area (Å²) >= 11 is 0.